The second-order valence-corrected chi connectivity index (χ2v) is 6.63. The number of sulfonamides is 1. The number of amides is 1. The summed E-state index contributed by atoms with van der Waals surface area (Å²) in [6.07, 6.45) is 1.77. The summed E-state index contributed by atoms with van der Waals surface area (Å²) < 4.78 is 52.6. The summed E-state index contributed by atoms with van der Waals surface area (Å²) in [5.41, 5.74) is 0. The molecule has 1 aliphatic rings. The van der Waals surface area contributed by atoms with Crippen molar-refractivity contribution >= 4 is 15.9 Å². The Balaban J connectivity index is 2.14. The number of carbonyl (C=O) groups excluding carboxylic acids is 1. The number of nitrogens with zero attached hydrogens (tertiary/aromatic N) is 1. The molecular formula is C13H16F2N2O3S. The van der Waals surface area contributed by atoms with Crippen LogP contribution in [0.4, 0.5) is 8.78 Å². The maximum Gasteiger partial charge on any atom is 0.244 e. The Morgan fingerprint density at radius 2 is 1.90 bits per heavy atom. The molecule has 1 aliphatic heterocycles. The number of benzene rings is 1. The van der Waals surface area contributed by atoms with Crippen LogP contribution in [0.25, 0.3) is 0 Å². The Bertz CT molecular complexity index is 643. The van der Waals surface area contributed by atoms with E-state index < -0.39 is 32.6 Å². The first-order valence-electron chi connectivity index (χ1n) is 6.57. The molecule has 0 bridgehead atoms. The van der Waals surface area contributed by atoms with Crippen molar-refractivity contribution in [1.82, 2.24) is 9.62 Å². The van der Waals surface area contributed by atoms with Crippen molar-refractivity contribution in [2.45, 2.75) is 30.7 Å². The van der Waals surface area contributed by atoms with Crippen LogP contribution in [0.2, 0.25) is 0 Å². The molecule has 2 rings (SSSR count). The van der Waals surface area contributed by atoms with Gasteiger partial charge in [-0.25, -0.2) is 17.2 Å². The van der Waals surface area contributed by atoms with Crippen molar-refractivity contribution in [3.8, 4) is 0 Å². The Morgan fingerprint density at radius 1 is 1.29 bits per heavy atom. The summed E-state index contributed by atoms with van der Waals surface area (Å²) in [5, 5.41) is 0. The van der Waals surface area contributed by atoms with Gasteiger partial charge in [-0.3, -0.25) is 4.79 Å². The fourth-order valence-electron chi connectivity index (χ4n) is 2.25. The van der Waals surface area contributed by atoms with Gasteiger partial charge in [-0.15, -0.1) is 0 Å². The molecule has 1 amide bonds. The molecule has 116 valence electrons. The van der Waals surface area contributed by atoms with Crippen LogP contribution in [0.5, 0.6) is 0 Å². The summed E-state index contributed by atoms with van der Waals surface area (Å²) in [6.45, 7) is 2.59. The summed E-state index contributed by atoms with van der Waals surface area (Å²) in [4.78, 5) is 12.9. The van der Waals surface area contributed by atoms with Crippen molar-refractivity contribution in [3.63, 3.8) is 0 Å². The van der Waals surface area contributed by atoms with Crippen molar-refractivity contribution in [3.05, 3.63) is 29.8 Å². The first kappa shape index (κ1) is 15.8. The zero-order valence-corrected chi connectivity index (χ0v) is 12.3. The molecule has 8 heteroatoms. The van der Waals surface area contributed by atoms with E-state index in [1.165, 1.54) is 6.92 Å². The first-order chi connectivity index (χ1) is 9.81. The van der Waals surface area contributed by atoms with E-state index in [-0.39, 0.29) is 5.91 Å². The van der Waals surface area contributed by atoms with Crippen LogP contribution in [0.15, 0.2) is 23.1 Å². The fourth-order valence-corrected chi connectivity index (χ4v) is 3.51. The Hall–Kier alpha value is -1.54. The zero-order valence-electron chi connectivity index (χ0n) is 11.5. The quantitative estimate of drug-likeness (QED) is 0.909. The SMILES string of the molecule is CC(NS(=O)(=O)c1ccc(F)cc1F)C(=O)N1CCCC1. The Kier molecular flexibility index (Phi) is 4.58. The minimum absolute atomic E-state index is 0.349. The summed E-state index contributed by atoms with van der Waals surface area (Å²) >= 11 is 0. The summed E-state index contributed by atoms with van der Waals surface area (Å²) in [5.74, 6) is -2.41. The molecule has 0 aromatic heterocycles. The second-order valence-electron chi connectivity index (χ2n) is 4.95. The molecule has 1 heterocycles. The van der Waals surface area contributed by atoms with Crippen molar-refractivity contribution < 1.29 is 22.0 Å². The highest BCUT2D eigenvalue weighted by Gasteiger charge is 2.28. The standard InChI is InChI=1S/C13H16F2N2O3S/c1-9(13(18)17-6-2-3-7-17)16-21(19,20)12-5-4-10(14)8-11(12)15/h4-5,8-9,16H,2-3,6-7H2,1H3. The molecular weight excluding hydrogens is 302 g/mol. The predicted molar refractivity (Wildman–Crippen MR) is 72.0 cm³/mol. The number of carbonyl (C=O) groups is 1. The highest BCUT2D eigenvalue weighted by molar-refractivity contribution is 7.89. The lowest BCUT2D eigenvalue weighted by Gasteiger charge is -2.21. The molecule has 0 radical (unpaired) electrons. The number of nitrogens with one attached hydrogen (secondary N) is 1. The van der Waals surface area contributed by atoms with Crippen LogP contribution >= 0.6 is 0 Å². The van der Waals surface area contributed by atoms with Crippen LogP contribution in [-0.4, -0.2) is 38.4 Å². The maximum atomic E-state index is 13.5. The van der Waals surface area contributed by atoms with E-state index in [4.69, 9.17) is 0 Å². The molecule has 21 heavy (non-hydrogen) atoms. The van der Waals surface area contributed by atoms with Crippen molar-refractivity contribution in [1.29, 1.82) is 0 Å². The van der Waals surface area contributed by atoms with E-state index in [9.17, 15) is 22.0 Å². The third-order valence-corrected chi connectivity index (χ3v) is 4.88. The molecule has 0 spiro atoms. The highest BCUT2D eigenvalue weighted by atomic mass is 32.2. The number of rotatable bonds is 4. The van der Waals surface area contributed by atoms with Crippen molar-refractivity contribution in [2.75, 3.05) is 13.1 Å². The van der Waals surface area contributed by atoms with Crippen molar-refractivity contribution in [2.24, 2.45) is 0 Å². The summed E-state index contributed by atoms with van der Waals surface area (Å²) in [7, 11) is -4.22. The van der Waals surface area contributed by atoms with E-state index in [2.05, 4.69) is 4.72 Å². The highest BCUT2D eigenvalue weighted by Crippen LogP contribution is 2.16. The number of hydrogen-bond donors (Lipinski definition) is 1. The minimum atomic E-state index is -4.22. The van der Waals surface area contributed by atoms with Gasteiger partial charge in [0, 0.05) is 19.2 Å². The second kappa shape index (κ2) is 6.07. The summed E-state index contributed by atoms with van der Waals surface area (Å²) in [6, 6.07) is 1.17. The van der Waals surface area contributed by atoms with Gasteiger partial charge in [-0.1, -0.05) is 0 Å². The van der Waals surface area contributed by atoms with Crippen LogP contribution in [0.3, 0.4) is 0 Å². The molecule has 0 saturated carbocycles. The number of hydrogen-bond acceptors (Lipinski definition) is 3. The third-order valence-electron chi connectivity index (χ3n) is 3.30. The zero-order chi connectivity index (χ0) is 15.6. The van der Waals surface area contributed by atoms with Crippen LogP contribution in [-0.2, 0) is 14.8 Å². The molecule has 1 fully saturated rings. The van der Waals surface area contributed by atoms with Gasteiger partial charge in [0.2, 0.25) is 15.9 Å². The largest absolute Gasteiger partial charge is 0.341 e. The number of halogens is 2. The lowest BCUT2D eigenvalue weighted by atomic mass is 10.3. The lowest BCUT2D eigenvalue weighted by Crippen LogP contribution is -2.46. The van der Waals surface area contributed by atoms with Crippen LogP contribution in [0.1, 0.15) is 19.8 Å². The average Bonchev–Trinajstić information content (AvgIpc) is 2.90. The van der Waals surface area contributed by atoms with Gasteiger partial charge >= 0.3 is 0 Å². The van der Waals surface area contributed by atoms with Crippen LogP contribution < -0.4 is 4.72 Å². The van der Waals surface area contributed by atoms with Gasteiger partial charge in [-0.2, -0.15) is 4.72 Å². The monoisotopic (exact) mass is 318 g/mol. The van der Waals surface area contributed by atoms with Gasteiger partial charge in [0.25, 0.3) is 0 Å². The fraction of sp³-hybridized carbons (Fsp3) is 0.462. The minimum Gasteiger partial charge on any atom is -0.341 e. The molecule has 1 atom stereocenters. The maximum absolute atomic E-state index is 13.5. The molecule has 0 aliphatic carbocycles. The normalized spacial score (nSPS) is 17.0. The average molecular weight is 318 g/mol. The van der Waals surface area contributed by atoms with Gasteiger partial charge in [0.15, 0.2) is 0 Å². The van der Waals surface area contributed by atoms with E-state index in [0.29, 0.717) is 19.2 Å². The third kappa shape index (κ3) is 3.56. The van der Waals surface area contributed by atoms with Gasteiger partial charge in [-0.05, 0) is 31.9 Å². The molecule has 1 aromatic carbocycles. The topological polar surface area (TPSA) is 66.5 Å². The van der Waals surface area contributed by atoms with E-state index in [0.717, 1.165) is 25.0 Å². The lowest BCUT2D eigenvalue weighted by molar-refractivity contribution is -0.131. The smallest absolute Gasteiger partial charge is 0.244 e. The van der Waals surface area contributed by atoms with Gasteiger partial charge in [0.05, 0.1) is 6.04 Å². The molecule has 1 unspecified atom stereocenters. The Morgan fingerprint density at radius 3 is 2.48 bits per heavy atom. The van der Waals surface area contributed by atoms with Crippen LogP contribution in [0, 0.1) is 11.6 Å². The molecule has 1 aromatic rings. The number of likely N-dealkylation sites (tertiary alicyclic amines) is 1. The van der Waals surface area contributed by atoms with Gasteiger partial charge in [0.1, 0.15) is 16.5 Å². The van der Waals surface area contributed by atoms with E-state index in [1.54, 1.807) is 4.90 Å². The van der Waals surface area contributed by atoms with E-state index in [1.807, 2.05) is 0 Å². The molecule has 5 nitrogen and oxygen atoms in total. The molecule has 1 saturated heterocycles. The Labute approximate surface area is 122 Å². The molecule has 1 N–H and O–H groups in total. The first-order valence-corrected chi connectivity index (χ1v) is 8.06. The van der Waals surface area contributed by atoms with Gasteiger partial charge < -0.3 is 4.90 Å². The van der Waals surface area contributed by atoms with E-state index >= 15 is 0 Å². The predicted octanol–water partition coefficient (Wildman–Crippen LogP) is 1.25.